The number of carbonyl (C=O) groups excluding carboxylic acids is 2. The summed E-state index contributed by atoms with van der Waals surface area (Å²) in [6.45, 7) is 0.183. The zero-order valence-electron chi connectivity index (χ0n) is 17.4. The Morgan fingerprint density at radius 2 is 1.72 bits per heavy atom. The Hall–Kier alpha value is -3.78. The van der Waals surface area contributed by atoms with Crippen molar-refractivity contribution in [1.82, 2.24) is 4.90 Å². The maximum absolute atomic E-state index is 13.2. The fourth-order valence-electron chi connectivity index (χ4n) is 3.87. The van der Waals surface area contributed by atoms with Gasteiger partial charge in [-0.3, -0.25) is 9.59 Å². The van der Waals surface area contributed by atoms with Gasteiger partial charge in [-0.2, -0.15) is 0 Å². The highest BCUT2D eigenvalue weighted by Gasteiger charge is 2.46. The van der Waals surface area contributed by atoms with E-state index in [1.807, 2.05) is 17.5 Å². The smallest absolute Gasteiger partial charge is 0.295 e. The fraction of sp³-hybridized carbons (Fsp3) is 0.167. The van der Waals surface area contributed by atoms with Crippen LogP contribution in [0, 0.1) is 0 Å². The second kappa shape index (κ2) is 8.76. The Kier molecular flexibility index (Phi) is 5.87. The first kappa shape index (κ1) is 21.5. The monoisotopic (exact) mass is 451 g/mol. The van der Waals surface area contributed by atoms with E-state index in [1.165, 1.54) is 42.6 Å². The molecule has 0 spiro atoms. The van der Waals surface area contributed by atoms with Gasteiger partial charge in [-0.1, -0.05) is 24.3 Å². The van der Waals surface area contributed by atoms with Crippen LogP contribution >= 0.6 is 11.3 Å². The van der Waals surface area contributed by atoms with Crippen molar-refractivity contribution in [3.05, 3.63) is 81.6 Å². The second-order valence-corrected chi connectivity index (χ2v) is 8.17. The summed E-state index contributed by atoms with van der Waals surface area (Å²) in [5.74, 6) is -1.39. The number of ketones is 1. The lowest BCUT2D eigenvalue weighted by Gasteiger charge is -2.25. The molecule has 7 nitrogen and oxygen atoms in total. The van der Waals surface area contributed by atoms with Crippen molar-refractivity contribution in [1.29, 1.82) is 0 Å². The average molecular weight is 452 g/mol. The summed E-state index contributed by atoms with van der Waals surface area (Å²) in [7, 11) is 2.88. The molecule has 164 valence electrons. The number of likely N-dealkylation sites (tertiary alicyclic amines) is 1. The summed E-state index contributed by atoms with van der Waals surface area (Å²) in [6, 6.07) is 14.1. The number of methoxy groups -OCH3 is 2. The summed E-state index contributed by atoms with van der Waals surface area (Å²) < 4.78 is 10.8. The summed E-state index contributed by atoms with van der Waals surface area (Å²) in [5, 5.41) is 23.3. The van der Waals surface area contributed by atoms with E-state index in [0.717, 1.165) is 4.88 Å². The summed E-state index contributed by atoms with van der Waals surface area (Å²) in [6.07, 6.45) is 0. The maximum Gasteiger partial charge on any atom is 0.295 e. The number of aliphatic hydroxyl groups is 1. The molecule has 3 aromatic rings. The molecule has 8 heteroatoms. The molecule has 1 aliphatic rings. The Bertz CT molecular complexity index is 1180. The van der Waals surface area contributed by atoms with Gasteiger partial charge < -0.3 is 24.6 Å². The predicted octanol–water partition coefficient (Wildman–Crippen LogP) is 4.09. The van der Waals surface area contributed by atoms with Crippen molar-refractivity contribution in [2.24, 2.45) is 0 Å². The lowest BCUT2D eigenvalue weighted by atomic mass is 9.94. The van der Waals surface area contributed by atoms with Crippen LogP contribution in [0.15, 0.2) is 65.6 Å². The van der Waals surface area contributed by atoms with Crippen LogP contribution in [-0.2, 0) is 16.1 Å². The number of Topliss-reactive ketones (excluding diaryl/α,β-unsaturated/α-hetero) is 1. The Balaban J connectivity index is 1.95. The molecule has 2 heterocycles. The van der Waals surface area contributed by atoms with Gasteiger partial charge in [0.2, 0.25) is 0 Å². The first-order chi connectivity index (χ1) is 15.5. The molecule has 0 bridgehead atoms. The van der Waals surface area contributed by atoms with Crippen molar-refractivity contribution in [2.45, 2.75) is 12.6 Å². The zero-order chi connectivity index (χ0) is 22.8. The first-order valence-electron chi connectivity index (χ1n) is 9.77. The zero-order valence-corrected chi connectivity index (χ0v) is 18.3. The molecule has 1 amide bonds. The van der Waals surface area contributed by atoms with E-state index in [2.05, 4.69) is 0 Å². The number of aromatic hydroxyl groups is 1. The normalized spacial score (nSPS) is 17.6. The third-order valence-electron chi connectivity index (χ3n) is 5.30. The number of nitrogens with zero attached hydrogens (tertiary/aromatic N) is 1. The number of thiophene rings is 1. The van der Waals surface area contributed by atoms with Crippen LogP contribution in [0.25, 0.3) is 5.76 Å². The highest BCUT2D eigenvalue weighted by Crippen LogP contribution is 2.44. The Labute approximate surface area is 188 Å². The molecule has 1 aliphatic heterocycles. The van der Waals surface area contributed by atoms with Crippen molar-refractivity contribution < 1.29 is 29.3 Å². The summed E-state index contributed by atoms with van der Waals surface area (Å²) in [4.78, 5) is 28.5. The number of phenolic OH excluding ortho intramolecular Hbond substituents is 1. The molecule has 0 saturated carbocycles. The van der Waals surface area contributed by atoms with Gasteiger partial charge in [-0.25, -0.2) is 0 Å². The first-order valence-corrected chi connectivity index (χ1v) is 10.6. The fourth-order valence-corrected chi connectivity index (χ4v) is 4.58. The summed E-state index contributed by atoms with van der Waals surface area (Å²) in [5.41, 5.74) is 0.577. The van der Waals surface area contributed by atoms with Gasteiger partial charge in [0.05, 0.1) is 32.4 Å². The van der Waals surface area contributed by atoms with E-state index < -0.39 is 23.5 Å². The van der Waals surface area contributed by atoms with Crippen LogP contribution in [0.5, 0.6) is 17.2 Å². The molecular weight excluding hydrogens is 430 g/mol. The molecule has 1 atom stereocenters. The van der Waals surface area contributed by atoms with Gasteiger partial charge in [0.15, 0.2) is 0 Å². The van der Waals surface area contributed by atoms with E-state index in [-0.39, 0.29) is 23.4 Å². The van der Waals surface area contributed by atoms with E-state index in [4.69, 9.17) is 9.47 Å². The molecular formula is C24H21NO6S. The molecule has 1 saturated heterocycles. The van der Waals surface area contributed by atoms with Crippen LogP contribution in [0.3, 0.4) is 0 Å². The lowest BCUT2D eigenvalue weighted by molar-refractivity contribution is -0.140. The Morgan fingerprint density at radius 1 is 1.03 bits per heavy atom. The minimum Gasteiger partial charge on any atom is -0.508 e. The van der Waals surface area contributed by atoms with Gasteiger partial charge in [0.25, 0.3) is 11.7 Å². The Morgan fingerprint density at radius 3 is 2.31 bits per heavy atom. The van der Waals surface area contributed by atoms with Crippen LogP contribution in [0.2, 0.25) is 0 Å². The van der Waals surface area contributed by atoms with Crippen molar-refractivity contribution in [3.8, 4) is 17.2 Å². The van der Waals surface area contributed by atoms with Crippen LogP contribution in [0.4, 0.5) is 0 Å². The average Bonchev–Trinajstić information content (AvgIpc) is 3.40. The molecule has 0 aliphatic carbocycles. The van der Waals surface area contributed by atoms with Gasteiger partial charge >= 0.3 is 0 Å². The quantitative estimate of drug-likeness (QED) is 0.333. The number of phenols is 1. The van der Waals surface area contributed by atoms with Gasteiger partial charge in [-0.15, -0.1) is 11.3 Å². The minimum absolute atomic E-state index is 0.0147. The SMILES string of the molecule is COc1cccc(OC)c1/C(O)=C1\C(=O)C(=O)N(Cc2cccs2)C1c1cccc(O)c1. The lowest BCUT2D eigenvalue weighted by Crippen LogP contribution is -2.28. The second-order valence-electron chi connectivity index (χ2n) is 7.14. The highest BCUT2D eigenvalue weighted by molar-refractivity contribution is 7.09. The predicted molar refractivity (Wildman–Crippen MR) is 120 cm³/mol. The van der Waals surface area contributed by atoms with Gasteiger partial charge in [0, 0.05) is 4.88 Å². The highest BCUT2D eigenvalue weighted by atomic mass is 32.1. The number of carbonyl (C=O) groups is 2. The van der Waals surface area contributed by atoms with Crippen LogP contribution < -0.4 is 9.47 Å². The van der Waals surface area contributed by atoms with Crippen molar-refractivity contribution >= 4 is 28.8 Å². The molecule has 4 rings (SSSR count). The molecule has 1 aromatic heterocycles. The topological polar surface area (TPSA) is 96.3 Å². The summed E-state index contributed by atoms with van der Waals surface area (Å²) >= 11 is 1.46. The largest absolute Gasteiger partial charge is 0.508 e. The standard InChI is InChI=1S/C24H21NO6S/c1-30-17-9-4-10-18(31-2)19(17)22(27)20-21(14-6-3-7-15(26)12-14)25(24(29)23(20)28)13-16-8-5-11-32-16/h3-12,21,26-27H,13H2,1-2H3/b22-20+. The van der Waals surface area contributed by atoms with Gasteiger partial charge in [0.1, 0.15) is 28.6 Å². The van der Waals surface area contributed by atoms with E-state index in [0.29, 0.717) is 17.1 Å². The van der Waals surface area contributed by atoms with E-state index in [1.54, 1.807) is 30.3 Å². The number of benzene rings is 2. The number of hydrogen-bond acceptors (Lipinski definition) is 7. The minimum atomic E-state index is -0.904. The third-order valence-corrected chi connectivity index (χ3v) is 6.16. The number of hydrogen-bond donors (Lipinski definition) is 2. The molecule has 2 N–H and O–H groups in total. The van der Waals surface area contributed by atoms with Crippen LogP contribution in [-0.4, -0.2) is 41.0 Å². The number of aliphatic hydroxyl groups excluding tert-OH is 1. The van der Waals surface area contributed by atoms with Crippen molar-refractivity contribution in [3.63, 3.8) is 0 Å². The van der Waals surface area contributed by atoms with E-state index in [9.17, 15) is 19.8 Å². The third kappa shape index (κ3) is 3.69. The maximum atomic E-state index is 13.2. The van der Waals surface area contributed by atoms with E-state index >= 15 is 0 Å². The molecule has 1 fully saturated rings. The number of rotatable bonds is 6. The number of ether oxygens (including phenoxy) is 2. The molecule has 1 unspecified atom stereocenters. The molecule has 2 aromatic carbocycles. The van der Waals surface area contributed by atoms with Crippen molar-refractivity contribution in [2.75, 3.05) is 14.2 Å². The molecule has 32 heavy (non-hydrogen) atoms. The number of amides is 1. The molecule has 0 radical (unpaired) electrons. The van der Waals surface area contributed by atoms with Gasteiger partial charge in [-0.05, 0) is 41.3 Å². The van der Waals surface area contributed by atoms with Crippen LogP contribution in [0.1, 0.15) is 22.0 Å².